The van der Waals surface area contributed by atoms with Crippen LogP contribution in [-0.2, 0) is 34.2 Å². The van der Waals surface area contributed by atoms with Crippen molar-refractivity contribution in [2.45, 2.75) is 94.0 Å². The van der Waals surface area contributed by atoms with Gasteiger partial charge in [0, 0.05) is 46.5 Å². The number of alkyl halides is 1. The van der Waals surface area contributed by atoms with Gasteiger partial charge in [-0.2, -0.15) is 11.8 Å². The van der Waals surface area contributed by atoms with Gasteiger partial charge in [-0.15, -0.1) is 11.6 Å². The van der Waals surface area contributed by atoms with E-state index in [9.17, 15) is 18.0 Å². The molecule has 3 saturated heterocycles. The van der Waals surface area contributed by atoms with Gasteiger partial charge in [-0.05, 0) is 109 Å². The molecule has 0 aromatic carbocycles. The number of piperidine rings is 2. The molecule has 0 bridgehead atoms. The molecule has 0 radical (unpaired) electrons. The lowest BCUT2D eigenvalue weighted by molar-refractivity contribution is -0.123. The second-order valence-corrected chi connectivity index (χ2v) is 18.2. The average molecular weight is 707 g/mol. The molecule has 6 rings (SSSR count). The number of aromatic nitrogens is 2. The zero-order chi connectivity index (χ0) is 33.3. The molecule has 1 aromatic rings. The van der Waals surface area contributed by atoms with Crippen molar-refractivity contribution in [1.82, 2.24) is 29.8 Å². The molecular weight excluding hydrogens is 656 g/mol. The Balaban J connectivity index is 1.14. The number of thioether (sulfide) groups is 1. The number of amides is 1. The number of nitrogens with zero attached hydrogens (tertiary/aromatic N) is 3. The van der Waals surface area contributed by atoms with Gasteiger partial charge in [0.05, 0.1) is 24.4 Å². The van der Waals surface area contributed by atoms with Crippen LogP contribution in [-0.4, -0.2) is 96.7 Å². The summed E-state index contributed by atoms with van der Waals surface area (Å²) in [6, 6.07) is 0.287. The van der Waals surface area contributed by atoms with Crippen LogP contribution in [0.25, 0.3) is 0 Å². The van der Waals surface area contributed by atoms with E-state index in [4.69, 9.17) is 16.6 Å². The molecule has 1 aromatic heterocycles. The Morgan fingerprint density at radius 3 is 2.70 bits per heavy atom. The minimum atomic E-state index is -3.61. The van der Waals surface area contributed by atoms with Crippen molar-refractivity contribution < 1.29 is 13.2 Å². The van der Waals surface area contributed by atoms with Crippen LogP contribution < -0.4 is 20.9 Å². The molecule has 3 N–H and O–H groups in total. The van der Waals surface area contributed by atoms with Crippen molar-refractivity contribution in [1.29, 1.82) is 0 Å². The van der Waals surface area contributed by atoms with E-state index in [0.717, 1.165) is 94.5 Å². The Kier molecular flexibility index (Phi) is 11.3. The number of sulfonamides is 1. The summed E-state index contributed by atoms with van der Waals surface area (Å²) in [7, 11) is -1.39. The molecule has 4 fully saturated rings. The van der Waals surface area contributed by atoms with E-state index >= 15 is 0 Å². The van der Waals surface area contributed by atoms with Crippen LogP contribution in [0.15, 0.2) is 4.79 Å². The quantitative estimate of drug-likeness (QED) is 0.289. The molecule has 1 amide bonds. The molecule has 2 aliphatic carbocycles. The molecular formula is C34H51ClN6O4S2. The fraction of sp³-hybridized carbons (Fsp3) is 0.794. The third kappa shape index (κ3) is 8.24. The molecule has 47 heavy (non-hydrogen) atoms. The minimum absolute atomic E-state index is 0.0600. The highest BCUT2D eigenvalue weighted by atomic mass is 35.5. The van der Waals surface area contributed by atoms with E-state index in [1.54, 1.807) is 16.3 Å². The highest BCUT2D eigenvalue weighted by Gasteiger charge is 2.50. The fourth-order valence-electron chi connectivity index (χ4n) is 8.89. The van der Waals surface area contributed by atoms with Crippen LogP contribution in [0, 0.1) is 48.4 Å². The van der Waals surface area contributed by atoms with Crippen molar-refractivity contribution in [3.05, 3.63) is 27.4 Å². The predicted octanol–water partition coefficient (Wildman–Crippen LogP) is 2.15. The molecule has 0 spiro atoms. The molecule has 5 aliphatic rings. The summed E-state index contributed by atoms with van der Waals surface area (Å²) in [6.07, 6.45) is 9.76. The highest BCUT2D eigenvalue weighted by molar-refractivity contribution is 8.00. The summed E-state index contributed by atoms with van der Waals surface area (Å²) in [5.74, 6) is 9.00. The van der Waals surface area contributed by atoms with Gasteiger partial charge in [0.25, 0.3) is 5.56 Å². The maximum Gasteiger partial charge on any atom is 0.257 e. The molecule has 260 valence electrons. The molecule has 10 nitrogen and oxygen atoms in total. The monoisotopic (exact) mass is 706 g/mol. The van der Waals surface area contributed by atoms with Crippen LogP contribution in [0.4, 0.5) is 0 Å². The van der Waals surface area contributed by atoms with Crippen molar-refractivity contribution >= 4 is 39.3 Å². The van der Waals surface area contributed by atoms with Gasteiger partial charge in [-0.1, -0.05) is 11.8 Å². The zero-order valence-electron chi connectivity index (χ0n) is 28.0. The fourth-order valence-corrected chi connectivity index (χ4v) is 11.6. The number of likely N-dealkylation sites (N-methyl/N-ethyl adjacent to an activating group) is 1. The van der Waals surface area contributed by atoms with Gasteiger partial charge in [0.15, 0.2) is 0 Å². The third-order valence-electron chi connectivity index (χ3n) is 11.4. The summed E-state index contributed by atoms with van der Waals surface area (Å²) in [4.78, 5) is 34.1. The molecule has 3 aliphatic heterocycles. The van der Waals surface area contributed by atoms with Crippen molar-refractivity contribution in [3.8, 4) is 11.8 Å². The summed E-state index contributed by atoms with van der Waals surface area (Å²) < 4.78 is 27.5. The average Bonchev–Trinajstić information content (AvgIpc) is 3.48. The number of rotatable bonds is 7. The summed E-state index contributed by atoms with van der Waals surface area (Å²) >= 11 is 8.53. The van der Waals surface area contributed by atoms with E-state index in [1.807, 2.05) is 6.92 Å². The zero-order valence-corrected chi connectivity index (χ0v) is 30.4. The van der Waals surface area contributed by atoms with Gasteiger partial charge in [0.1, 0.15) is 5.82 Å². The number of nitrogens with one attached hydrogen (secondary N) is 3. The summed E-state index contributed by atoms with van der Waals surface area (Å²) in [6.45, 7) is 6.30. The van der Waals surface area contributed by atoms with Crippen LogP contribution in [0.5, 0.6) is 0 Å². The van der Waals surface area contributed by atoms with Gasteiger partial charge in [0.2, 0.25) is 15.9 Å². The first-order chi connectivity index (χ1) is 22.5. The maximum atomic E-state index is 13.9. The Hall–Kier alpha value is -1.62. The number of hydrogen-bond acceptors (Lipinski definition) is 9. The van der Waals surface area contributed by atoms with Gasteiger partial charge in [-0.3, -0.25) is 18.9 Å². The third-order valence-corrected chi connectivity index (χ3v) is 13.9. The number of fused-ring (bicyclic) bond motifs is 2. The van der Waals surface area contributed by atoms with E-state index in [-0.39, 0.29) is 34.1 Å². The number of halogens is 1. The van der Waals surface area contributed by atoms with E-state index in [1.165, 1.54) is 12.8 Å². The Bertz CT molecular complexity index is 1540. The van der Waals surface area contributed by atoms with Gasteiger partial charge >= 0.3 is 0 Å². The topological polar surface area (TPSA) is 125 Å². The molecule has 8 atom stereocenters. The van der Waals surface area contributed by atoms with Crippen molar-refractivity contribution in [2.24, 2.45) is 29.6 Å². The van der Waals surface area contributed by atoms with Crippen LogP contribution in [0.3, 0.4) is 0 Å². The van der Waals surface area contributed by atoms with Crippen molar-refractivity contribution in [2.75, 3.05) is 45.2 Å². The molecule has 1 saturated carbocycles. The first-order valence-corrected chi connectivity index (χ1v) is 20.9. The SMILES string of the molecule is Cc1nc2c(c(=O)n1CC#CC1CCC(Cl)CC1C1CCNC3C(C(=O)NS(C)(=O)=O)CSC13)C[C@@H](N(C)CC1CCNCC1)CC2. The molecule has 4 heterocycles. The molecule has 7 unspecified atom stereocenters. The summed E-state index contributed by atoms with van der Waals surface area (Å²) in [5, 5.41) is 7.28. The lowest BCUT2D eigenvalue weighted by Crippen LogP contribution is -2.55. The highest BCUT2D eigenvalue weighted by Crippen LogP contribution is 2.48. The number of aryl methyl sites for hydroxylation is 2. The first kappa shape index (κ1) is 35.2. The van der Waals surface area contributed by atoms with E-state index in [2.05, 4.69) is 39.1 Å². The Morgan fingerprint density at radius 2 is 1.94 bits per heavy atom. The van der Waals surface area contributed by atoms with E-state index < -0.39 is 21.8 Å². The lowest BCUT2D eigenvalue weighted by atomic mass is 9.67. The minimum Gasteiger partial charge on any atom is -0.317 e. The predicted molar refractivity (Wildman–Crippen MR) is 188 cm³/mol. The summed E-state index contributed by atoms with van der Waals surface area (Å²) in [5.41, 5.74) is 1.88. The second kappa shape index (κ2) is 15.1. The maximum absolute atomic E-state index is 13.9. The second-order valence-electron chi connectivity index (χ2n) is 14.6. The lowest BCUT2D eigenvalue weighted by Gasteiger charge is -2.44. The van der Waals surface area contributed by atoms with Crippen molar-refractivity contribution in [3.63, 3.8) is 0 Å². The Labute approximate surface area is 289 Å². The van der Waals surface area contributed by atoms with Crippen LogP contribution in [0.2, 0.25) is 0 Å². The number of carbonyl (C=O) groups is 1. The normalized spacial score (nSPS) is 33.0. The Morgan fingerprint density at radius 1 is 1.15 bits per heavy atom. The largest absolute Gasteiger partial charge is 0.317 e. The van der Waals surface area contributed by atoms with Gasteiger partial charge < -0.3 is 15.5 Å². The van der Waals surface area contributed by atoms with Crippen LogP contribution >= 0.6 is 23.4 Å². The van der Waals surface area contributed by atoms with Crippen LogP contribution in [0.1, 0.15) is 62.0 Å². The van der Waals surface area contributed by atoms with Gasteiger partial charge in [-0.25, -0.2) is 13.4 Å². The smallest absolute Gasteiger partial charge is 0.257 e. The number of hydrogen-bond donors (Lipinski definition) is 3. The number of carbonyl (C=O) groups excluding carboxylic acids is 1. The standard InChI is InChI=1S/C34H51ClN6O4S2/c1-21-38-30-9-8-25(40(2)19-22-10-13-36-14-11-22)18-28(30)34(43)41(21)16-4-5-23-6-7-24(35)17-27(23)26-12-15-37-31-29(20-46-32(26)31)33(42)39-47(3,44)45/h22-27,29,31-32,36-37H,6-20H2,1-3H3,(H,39,42)/t23?,24?,25-,26?,27?,29?,31?,32?/m0/s1. The first-order valence-electron chi connectivity index (χ1n) is 17.5. The molecule has 13 heteroatoms. The van der Waals surface area contributed by atoms with E-state index in [0.29, 0.717) is 30.2 Å².